The number of aromatic nitrogens is 3. The van der Waals surface area contributed by atoms with E-state index in [9.17, 15) is 14.9 Å². The molecule has 3 aromatic carbocycles. The summed E-state index contributed by atoms with van der Waals surface area (Å²) < 4.78 is 5.54. The summed E-state index contributed by atoms with van der Waals surface area (Å²) in [5.41, 5.74) is 4.17. The molecule has 0 radical (unpaired) electrons. The number of pyridine rings is 1. The standard InChI is InChI=1S/C29H25N5O4/c1-2-38-23-13-11-20(12-14-23)25-18-24(29(35)30-16-15-19-7-4-3-5-8-19)26-27(32-33-28(26)31-25)21-9-6-10-22(17-21)34(36)37/h3-14,17-18H,2,15-16H2,1H3,(H,30,35)(H,31,32,33). The molecule has 2 N–H and O–H groups in total. The lowest BCUT2D eigenvalue weighted by Gasteiger charge is -2.10. The van der Waals surface area contributed by atoms with Crippen LogP contribution in [-0.4, -0.2) is 39.2 Å². The van der Waals surface area contributed by atoms with Crippen LogP contribution < -0.4 is 10.1 Å². The van der Waals surface area contributed by atoms with E-state index in [-0.39, 0.29) is 11.6 Å². The maximum Gasteiger partial charge on any atom is 0.270 e. The third-order valence-electron chi connectivity index (χ3n) is 6.12. The van der Waals surface area contributed by atoms with Gasteiger partial charge in [0.05, 0.1) is 33.9 Å². The number of carbonyl (C=O) groups excluding carboxylic acids is 1. The van der Waals surface area contributed by atoms with Gasteiger partial charge in [-0.2, -0.15) is 5.10 Å². The number of H-pyrrole nitrogens is 1. The molecule has 0 spiro atoms. The number of hydrogen-bond donors (Lipinski definition) is 2. The lowest BCUT2D eigenvalue weighted by molar-refractivity contribution is -0.384. The van der Waals surface area contributed by atoms with Gasteiger partial charge in [-0.25, -0.2) is 4.98 Å². The normalized spacial score (nSPS) is 10.9. The highest BCUT2D eigenvalue weighted by Gasteiger charge is 2.21. The average molecular weight is 508 g/mol. The van der Waals surface area contributed by atoms with Crippen LogP contribution in [0.5, 0.6) is 5.75 Å². The Bertz CT molecular complexity index is 1600. The van der Waals surface area contributed by atoms with E-state index >= 15 is 0 Å². The Labute approximate surface area is 218 Å². The average Bonchev–Trinajstić information content (AvgIpc) is 3.38. The number of hydrogen-bond acceptors (Lipinski definition) is 6. The van der Waals surface area contributed by atoms with Gasteiger partial charge in [0.25, 0.3) is 11.6 Å². The van der Waals surface area contributed by atoms with Gasteiger partial charge in [-0.1, -0.05) is 42.5 Å². The predicted molar refractivity (Wildman–Crippen MR) is 145 cm³/mol. The maximum absolute atomic E-state index is 13.5. The van der Waals surface area contributed by atoms with Gasteiger partial charge < -0.3 is 10.1 Å². The first-order chi connectivity index (χ1) is 18.5. The van der Waals surface area contributed by atoms with Crippen LogP contribution in [0.3, 0.4) is 0 Å². The molecule has 2 aromatic heterocycles. The van der Waals surface area contributed by atoms with E-state index in [4.69, 9.17) is 9.72 Å². The fourth-order valence-corrected chi connectivity index (χ4v) is 4.28. The van der Waals surface area contributed by atoms with Crippen molar-refractivity contribution in [3.63, 3.8) is 0 Å². The number of nitrogens with zero attached hydrogens (tertiary/aromatic N) is 3. The second-order valence-corrected chi connectivity index (χ2v) is 8.61. The number of carbonyl (C=O) groups is 1. The summed E-state index contributed by atoms with van der Waals surface area (Å²) in [4.78, 5) is 29.1. The Balaban J connectivity index is 1.56. The Kier molecular flexibility index (Phi) is 7.08. The predicted octanol–water partition coefficient (Wildman–Crippen LogP) is 5.57. The zero-order valence-corrected chi connectivity index (χ0v) is 20.7. The number of benzene rings is 3. The second kappa shape index (κ2) is 10.9. The van der Waals surface area contributed by atoms with Crippen LogP contribution in [0.1, 0.15) is 22.8 Å². The third kappa shape index (κ3) is 5.22. The van der Waals surface area contributed by atoms with Crippen LogP contribution in [0.25, 0.3) is 33.5 Å². The molecule has 0 saturated heterocycles. The largest absolute Gasteiger partial charge is 0.494 e. The molecule has 0 aliphatic rings. The molecule has 0 aliphatic carbocycles. The summed E-state index contributed by atoms with van der Waals surface area (Å²) in [5.74, 6) is 0.456. The fourth-order valence-electron chi connectivity index (χ4n) is 4.28. The van der Waals surface area contributed by atoms with E-state index in [1.165, 1.54) is 12.1 Å². The Morgan fingerprint density at radius 2 is 1.79 bits per heavy atom. The number of fused-ring (bicyclic) bond motifs is 1. The monoisotopic (exact) mass is 507 g/mol. The molecular weight excluding hydrogens is 482 g/mol. The van der Waals surface area contributed by atoms with Gasteiger partial charge >= 0.3 is 0 Å². The fraction of sp³-hybridized carbons (Fsp3) is 0.138. The van der Waals surface area contributed by atoms with E-state index < -0.39 is 4.92 Å². The molecule has 0 atom stereocenters. The van der Waals surface area contributed by atoms with Gasteiger partial charge in [-0.05, 0) is 49.2 Å². The summed E-state index contributed by atoms with van der Waals surface area (Å²) in [6.07, 6.45) is 0.676. The van der Waals surface area contributed by atoms with E-state index in [1.54, 1.807) is 18.2 Å². The molecule has 190 valence electrons. The maximum atomic E-state index is 13.5. The minimum absolute atomic E-state index is 0.0573. The number of nitro benzene ring substituents is 1. The molecule has 5 aromatic rings. The number of aromatic amines is 1. The van der Waals surface area contributed by atoms with Crippen LogP contribution in [0.2, 0.25) is 0 Å². The van der Waals surface area contributed by atoms with Crippen LogP contribution in [0, 0.1) is 10.1 Å². The third-order valence-corrected chi connectivity index (χ3v) is 6.12. The Hall–Kier alpha value is -5.05. The molecule has 0 aliphatic heterocycles. The van der Waals surface area contributed by atoms with Gasteiger partial charge in [0, 0.05) is 29.8 Å². The molecule has 38 heavy (non-hydrogen) atoms. The molecule has 9 heteroatoms. The van der Waals surface area contributed by atoms with Gasteiger partial charge in [-0.15, -0.1) is 0 Å². The zero-order valence-electron chi connectivity index (χ0n) is 20.7. The number of amides is 1. The van der Waals surface area contributed by atoms with Gasteiger partial charge in [0.15, 0.2) is 5.65 Å². The highest BCUT2D eigenvalue weighted by atomic mass is 16.6. The van der Waals surface area contributed by atoms with Crippen molar-refractivity contribution in [2.75, 3.05) is 13.2 Å². The molecule has 0 saturated carbocycles. The molecule has 0 bridgehead atoms. The summed E-state index contributed by atoms with van der Waals surface area (Å²) in [6, 6.07) is 25.3. The summed E-state index contributed by atoms with van der Waals surface area (Å²) in [5, 5.41) is 22.2. The summed E-state index contributed by atoms with van der Waals surface area (Å²) >= 11 is 0. The lowest BCUT2D eigenvalue weighted by Crippen LogP contribution is -2.26. The quantitative estimate of drug-likeness (QED) is 0.199. The number of nitrogens with one attached hydrogen (secondary N) is 2. The number of non-ortho nitro benzene ring substituents is 1. The number of nitro groups is 1. The molecule has 0 fully saturated rings. The van der Waals surface area contributed by atoms with Gasteiger partial charge in [0.1, 0.15) is 5.75 Å². The van der Waals surface area contributed by atoms with E-state index in [2.05, 4.69) is 15.5 Å². The minimum atomic E-state index is -0.457. The van der Waals surface area contributed by atoms with Crippen molar-refractivity contribution in [1.82, 2.24) is 20.5 Å². The van der Waals surface area contributed by atoms with Crippen LogP contribution >= 0.6 is 0 Å². The van der Waals surface area contributed by atoms with Crippen LogP contribution in [-0.2, 0) is 6.42 Å². The second-order valence-electron chi connectivity index (χ2n) is 8.61. The molecule has 9 nitrogen and oxygen atoms in total. The molecular formula is C29H25N5O4. The highest BCUT2D eigenvalue weighted by Crippen LogP contribution is 2.33. The minimum Gasteiger partial charge on any atom is -0.494 e. The first-order valence-corrected chi connectivity index (χ1v) is 12.2. The summed E-state index contributed by atoms with van der Waals surface area (Å²) in [7, 11) is 0. The smallest absolute Gasteiger partial charge is 0.270 e. The van der Waals surface area contributed by atoms with Crippen molar-refractivity contribution in [3.05, 3.63) is 106 Å². The van der Waals surface area contributed by atoms with Crippen LogP contribution in [0.4, 0.5) is 5.69 Å². The van der Waals surface area contributed by atoms with Crippen molar-refractivity contribution in [2.24, 2.45) is 0 Å². The SMILES string of the molecule is CCOc1ccc(-c2cc(C(=O)NCCc3ccccc3)c3c(-c4cccc([N+](=O)[O-])c4)[nH]nc3n2)cc1. The van der Waals surface area contributed by atoms with E-state index in [0.717, 1.165) is 16.9 Å². The molecule has 2 heterocycles. The molecule has 1 amide bonds. The first kappa shape index (κ1) is 24.6. The van der Waals surface area contributed by atoms with E-state index in [1.807, 2.05) is 61.5 Å². The topological polar surface area (TPSA) is 123 Å². The van der Waals surface area contributed by atoms with Crippen molar-refractivity contribution < 1.29 is 14.5 Å². The lowest BCUT2D eigenvalue weighted by atomic mass is 10.0. The van der Waals surface area contributed by atoms with Crippen molar-refractivity contribution in [1.29, 1.82) is 0 Å². The zero-order chi connectivity index (χ0) is 26.5. The summed E-state index contributed by atoms with van der Waals surface area (Å²) in [6.45, 7) is 2.92. The van der Waals surface area contributed by atoms with Crippen molar-refractivity contribution in [3.8, 4) is 28.3 Å². The molecule has 0 unspecified atom stereocenters. The Morgan fingerprint density at radius 3 is 2.53 bits per heavy atom. The first-order valence-electron chi connectivity index (χ1n) is 12.2. The number of ether oxygens (including phenoxy) is 1. The van der Waals surface area contributed by atoms with E-state index in [0.29, 0.717) is 53.1 Å². The molecule has 5 rings (SSSR count). The van der Waals surface area contributed by atoms with Crippen molar-refractivity contribution in [2.45, 2.75) is 13.3 Å². The van der Waals surface area contributed by atoms with Gasteiger partial charge in [-0.3, -0.25) is 20.0 Å². The Morgan fingerprint density at radius 1 is 1.00 bits per heavy atom. The van der Waals surface area contributed by atoms with Crippen molar-refractivity contribution >= 4 is 22.6 Å². The van der Waals surface area contributed by atoms with Gasteiger partial charge in [0.2, 0.25) is 0 Å². The number of rotatable bonds is 9. The highest BCUT2D eigenvalue weighted by molar-refractivity contribution is 6.11. The van der Waals surface area contributed by atoms with Crippen LogP contribution in [0.15, 0.2) is 84.9 Å².